The Kier molecular flexibility index (Phi) is 3.60. The van der Waals surface area contributed by atoms with Gasteiger partial charge in [-0.05, 0) is 11.5 Å². The lowest BCUT2D eigenvalue weighted by molar-refractivity contribution is 1.12. The third-order valence-electron chi connectivity index (χ3n) is 1.29. The maximum atomic E-state index is 4.24. The maximum absolute atomic E-state index is 4.24. The Bertz CT molecular complexity index is 251. The Morgan fingerprint density at radius 2 is 2.75 bits per heavy atom. The highest BCUT2D eigenvalue weighted by Gasteiger charge is 2.06. The Morgan fingerprint density at radius 1 is 1.92 bits per heavy atom. The van der Waals surface area contributed by atoms with Crippen LogP contribution in [-0.2, 0) is 0 Å². The minimum Gasteiger partial charge on any atom is -0.345 e. The first-order valence-corrected chi connectivity index (χ1v) is 4.47. The summed E-state index contributed by atoms with van der Waals surface area (Å²) in [7, 11) is 1.74. The second-order valence-corrected chi connectivity index (χ2v) is 3.01. The maximum Gasteiger partial charge on any atom is 0.158 e. The van der Waals surface area contributed by atoms with Gasteiger partial charge < -0.3 is 5.32 Å². The van der Waals surface area contributed by atoms with Gasteiger partial charge in [-0.15, -0.1) is 0 Å². The van der Waals surface area contributed by atoms with Crippen molar-refractivity contribution in [3.63, 3.8) is 0 Å². The predicted octanol–water partition coefficient (Wildman–Crippen LogP) is 1.41. The first-order valence-electron chi connectivity index (χ1n) is 3.59. The van der Waals surface area contributed by atoms with Crippen molar-refractivity contribution < 1.29 is 0 Å². The molecular weight excluding hydrogens is 170 g/mol. The molecule has 3 nitrogen and oxygen atoms in total. The molecule has 4 heteroatoms. The number of aliphatic imine (C=N–C) groups is 2. The fourth-order valence-corrected chi connectivity index (χ4v) is 1.30. The standard InChI is InChI=1S/C8H11N3S/c1-3-12-8(9-2)7-10-5-4-6-11-7/h3-5H,1,6H2,2H3,(H,10,11). The summed E-state index contributed by atoms with van der Waals surface area (Å²) in [5.74, 6) is 0.824. The Hall–Kier alpha value is -1.03. The monoisotopic (exact) mass is 181 g/mol. The number of hydrogen-bond acceptors (Lipinski definition) is 4. The van der Waals surface area contributed by atoms with Crippen molar-refractivity contribution in [1.82, 2.24) is 5.32 Å². The van der Waals surface area contributed by atoms with Gasteiger partial charge in [0.05, 0.1) is 6.54 Å². The summed E-state index contributed by atoms with van der Waals surface area (Å²) in [4.78, 5) is 8.32. The third-order valence-corrected chi connectivity index (χ3v) is 2.06. The van der Waals surface area contributed by atoms with Crippen LogP contribution in [0.25, 0.3) is 0 Å². The highest BCUT2D eigenvalue weighted by Crippen LogP contribution is 2.06. The summed E-state index contributed by atoms with van der Waals surface area (Å²) < 4.78 is 0. The molecule has 0 amide bonds. The van der Waals surface area contributed by atoms with Crippen LogP contribution in [0.2, 0.25) is 0 Å². The van der Waals surface area contributed by atoms with Gasteiger partial charge in [0.1, 0.15) is 5.04 Å². The van der Waals surface area contributed by atoms with Crippen LogP contribution < -0.4 is 5.32 Å². The molecule has 0 saturated carbocycles. The number of nitrogens with zero attached hydrogens (tertiary/aromatic N) is 2. The summed E-state index contributed by atoms with van der Waals surface area (Å²) in [6.45, 7) is 4.35. The summed E-state index contributed by atoms with van der Waals surface area (Å²) in [6.07, 6.45) is 3.83. The number of hydrogen-bond donors (Lipinski definition) is 1. The van der Waals surface area contributed by atoms with Gasteiger partial charge in [0.25, 0.3) is 0 Å². The molecular formula is C8H11N3S. The van der Waals surface area contributed by atoms with Crippen LogP contribution in [0.3, 0.4) is 0 Å². The molecule has 0 atom stereocenters. The fraction of sp³-hybridized carbons (Fsp3) is 0.250. The minimum absolute atomic E-state index is 0.721. The fourth-order valence-electron chi connectivity index (χ4n) is 0.803. The topological polar surface area (TPSA) is 36.8 Å². The van der Waals surface area contributed by atoms with Gasteiger partial charge in [0, 0.05) is 13.2 Å². The van der Waals surface area contributed by atoms with E-state index in [-0.39, 0.29) is 0 Å². The van der Waals surface area contributed by atoms with Crippen molar-refractivity contribution in [2.45, 2.75) is 0 Å². The molecule has 64 valence electrons. The molecule has 0 bridgehead atoms. The van der Waals surface area contributed by atoms with Crippen molar-refractivity contribution in [1.29, 1.82) is 0 Å². The van der Waals surface area contributed by atoms with Crippen LogP contribution in [0.4, 0.5) is 0 Å². The van der Waals surface area contributed by atoms with Crippen LogP contribution in [0.5, 0.6) is 0 Å². The Labute approximate surface area is 76.4 Å². The SMILES string of the molecule is C=CSC(=NC)C1=NCC=CN1. The van der Waals surface area contributed by atoms with E-state index in [9.17, 15) is 0 Å². The molecule has 12 heavy (non-hydrogen) atoms. The van der Waals surface area contributed by atoms with Gasteiger partial charge in [-0.3, -0.25) is 9.98 Å². The minimum atomic E-state index is 0.721. The van der Waals surface area contributed by atoms with E-state index in [1.807, 2.05) is 12.3 Å². The third kappa shape index (κ3) is 2.23. The van der Waals surface area contributed by atoms with Gasteiger partial charge in [-0.1, -0.05) is 18.3 Å². The van der Waals surface area contributed by atoms with Gasteiger partial charge >= 0.3 is 0 Å². The highest BCUT2D eigenvalue weighted by atomic mass is 32.2. The van der Waals surface area contributed by atoms with Crippen molar-refractivity contribution in [2.75, 3.05) is 13.6 Å². The lowest BCUT2D eigenvalue weighted by Gasteiger charge is -2.09. The summed E-state index contributed by atoms with van der Waals surface area (Å²) in [6, 6.07) is 0. The first kappa shape index (κ1) is 9.06. The van der Waals surface area contributed by atoms with E-state index in [0.29, 0.717) is 0 Å². The summed E-state index contributed by atoms with van der Waals surface area (Å²) in [5, 5.41) is 5.64. The van der Waals surface area contributed by atoms with Crippen LogP contribution in [0.1, 0.15) is 0 Å². The van der Waals surface area contributed by atoms with Gasteiger partial charge in [-0.25, -0.2) is 0 Å². The quantitative estimate of drug-likeness (QED) is 0.516. The first-order chi connectivity index (χ1) is 5.88. The van der Waals surface area contributed by atoms with Crippen LogP contribution in [-0.4, -0.2) is 24.5 Å². The molecule has 0 aromatic rings. The van der Waals surface area contributed by atoms with E-state index < -0.39 is 0 Å². The second-order valence-electron chi connectivity index (χ2n) is 2.05. The van der Waals surface area contributed by atoms with Crippen molar-refractivity contribution >= 4 is 22.6 Å². The molecule has 1 aliphatic rings. The molecule has 0 aliphatic carbocycles. The molecule has 0 radical (unpaired) electrons. The number of amidine groups is 1. The van der Waals surface area contributed by atoms with E-state index >= 15 is 0 Å². The lowest BCUT2D eigenvalue weighted by atomic mass is 10.5. The zero-order valence-electron chi connectivity index (χ0n) is 6.95. The molecule has 0 spiro atoms. The van der Waals surface area contributed by atoms with Crippen LogP contribution in [0.15, 0.2) is 34.2 Å². The Balaban J connectivity index is 2.66. The normalized spacial score (nSPS) is 16.8. The van der Waals surface area contributed by atoms with Crippen molar-refractivity contribution in [2.24, 2.45) is 9.98 Å². The number of rotatable bonds is 2. The second kappa shape index (κ2) is 4.77. The predicted molar refractivity (Wildman–Crippen MR) is 55.7 cm³/mol. The van der Waals surface area contributed by atoms with Gasteiger partial charge in [-0.2, -0.15) is 0 Å². The van der Waals surface area contributed by atoms with Crippen molar-refractivity contribution in [3.05, 3.63) is 24.3 Å². The van der Waals surface area contributed by atoms with E-state index in [0.717, 1.165) is 17.4 Å². The molecule has 0 fully saturated rings. The highest BCUT2D eigenvalue weighted by molar-refractivity contribution is 8.18. The molecule has 0 aromatic carbocycles. The Morgan fingerprint density at radius 3 is 3.25 bits per heavy atom. The molecule has 1 rings (SSSR count). The van der Waals surface area contributed by atoms with Crippen LogP contribution in [0, 0.1) is 0 Å². The van der Waals surface area contributed by atoms with Gasteiger partial charge in [0.15, 0.2) is 5.84 Å². The zero-order chi connectivity index (χ0) is 8.81. The molecule has 0 unspecified atom stereocenters. The van der Waals surface area contributed by atoms with Crippen LogP contribution >= 0.6 is 11.8 Å². The average molecular weight is 181 g/mol. The molecule has 1 N–H and O–H groups in total. The molecule has 0 aromatic heterocycles. The molecule has 1 aliphatic heterocycles. The molecule has 0 saturated heterocycles. The lowest BCUT2D eigenvalue weighted by Crippen LogP contribution is -2.27. The zero-order valence-corrected chi connectivity index (χ0v) is 7.77. The average Bonchev–Trinajstić information content (AvgIpc) is 2.15. The smallest absolute Gasteiger partial charge is 0.158 e. The summed E-state index contributed by atoms with van der Waals surface area (Å²) >= 11 is 1.47. The van der Waals surface area contributed by atoms with E-state index in [1.54, 1.807) is 12.5 Å². The number of thioether (sulfide) groups is 1. The van der Waals surface area contributed by atoms with E-state index in [2.05, 4.69) is 21.9 Å². The number of nitrogens with one attached hydrogen (secondary N) is 1. The van der Waals surface area contributed by atoms with E-state index in [1.165, 1.54) is 11.8 Å². The van der Waals surface area contributed by atoms with Crippen molar-refractivity contribution in [3.8, 4) is 0 Å². The summed E-state index contributed by atoms with van der Waals surface area (Å²) in [5.41, 5.74) is 0. The molecule has 1 heterocycles. The largest absolute Gasteiger partial charge is 0.345 e. The van der Waals surface area contributed by atoms with E-state index in [4.69, 9.17) is 0 Å². The van der Waals surface area contributed by atoms with Gasteiger partial charge in [0.2, 0.25) is 0 Å².